The van der Waals surface area contributed by atoms with Gasteiger partial charge in [0.25, 0.3) is 0 Å². The molecule has 1 heterocycles. The molecule has 0 fully saturated rings. The molecule has 1 aromatic heterocycles. The van der Waals surface area contributed by atoms with Crippen molar-refractivity contribution in [3.05, 3.63) is 39.7 Å². The van der Waals surface area contributed by atoms with E-state index in [2.05, 4.69) is 47.1 Å². The summed E-state index contributed by atoms with van der Waals surface area (Å²) in [6.07, 6.45) is 3.00. The molecular formula is C10H8Br2N4. The summed E-state index contributed by atoms with van der Waals surface area (Å²) in [5.74, 6) is 0.586. The number of nitrogens with two attached hydrogens (primary N) is 1. The Kier molecular flexibility index (Phi) is 3.40. The van der Waals surface area contributed by atoms with Crippen LogP contribution >= 0.6 is 31.9 Å². The van der Waals surface area contributed by atoms with E-state index < -0.39 is 0 Å². The number of hydrogen-bond donors (Lipinski definition) is 2. The van der Waals surface area contributed by atoms with Crippen LogP contribution in [0.15, 0.2) is 39.7 Å². The van der Waals surface area contributed by atoms with Crippen LogP contribution in [-0.2, 0) is 0 Å². The van der Waals surface area contributed by atoms with Crippen molar-refractivity contribution in [2.24, 2.45) is 0 Å². The number of benzene rings is 1. The summed E-state index contributed by atoms with van der Waals surface area (Å²) in [5, 5.41) is 3.14. The molecule has 2 rings (SSSR count). The molecule has 3 N–H and O–H groups in total. The van der Waals surface area contributed by atoms with Crippen LogP contribution in [0.3, 0.4) is 0 Å². The quantitative estimate of drug-likeness (QED) is 0.877. The van der Waals surface area contributed by atoms with Gasteiger partial charge in [0.2, 0.25) is 0 Å². The van der Waals surface area contributed by atoms with Crippen molar-refractivity contribution in [2.75, 3.05) is 11.1 Å². The maximum absolute atomic E-state index is 5.75. The zero-order valence-electron chi connectivity index (χ0n) is 8.11. The van der Waals surface area contributed by atoms with E-state index in [0.717, 1.165) is 14.6 Å². The number of para-hydroxylation sites is 1. The number of rotatable bonds is 2. The Balaban J connectivity index is 2.38. The van der Waals surface area contributed by atoms with Gasteiger partial charge in [0.05, 0.1) is 17.6 Å². The van der Waals surface area contributed by atoms with Crippen LogP contribution in [0.4, 0.5) is 17.2 Å². The molecule has 4 nitrogen and oxygen atoms in total. The highest BCUT2D eigenvalue weighted by molar-refractivity contribution is 9.11. The average Bonchev–Trinajstić information content (AvgIpc) is 2.26. The molecule has 0 bridgehead atoms. The van der Waals surface area contributed by atoms with Gasteiger partial charge in [0.1, 0.15) is 6.33 Å². The Morgan fingerprint density at radius 2 is 1.88 bits per heavy atom. The topological polar surface area (TPSA) is 63.8 Å². The lowest BCUT2D eigenvalue weighted by molar-refractivity contribution is 1.17. The van der Waals surface area contributed by atoms with Gasteiger partial charge in [-0.2, -0.15) is 0 Å². The fourth-order valence-electron chi connectivity index (χ4n) is 1.18. The second kappa shape index (κ2) is 4.80. The van der Waals surface area contributed by atoms with Crippen molar-refractivity contribution in [1.29, 1.82) is 0 Å². The predicted octanol–water partition coefficient (Wildman–Crippen LogP) is 3.33. The summed E-state index contributed by atoms with van der Waals surface area (Å²) in [5.41, 5.74) is 7.14. The van der Waals surface area contributed by atoms with Crippen molar-refractivity contribution in [3.8, 4) is 0 Å². The van der Waals surface area contributed by atoms with Gasteiger partial charge in [-0.05, 0) is 44.0 Å². The first kappa shape index (κ1) is 11.3. The molecule has 0 amide bonds. The molecule has 82 valence electrons. The minimum atomic E-state index is 0.505. The van der Waals surface area contributed by atoms with Gasteiger partial charge in [-0.1, -0.05) is 6.07 Å². The molecule has 0 unspecified atom stereocenters. The maximum atomic E-state index is 5.75. The van der Waals surface area contributed by atoms with Gasteiger partial charge in [-0.15, -0.1) is 0 Å². The van der Waals surface area contributed by atoms with Crippen molar-refractivity contribution < 1.29 is 0 Å². The van der Waals surface area contributed by atoms with Crippen LogP contribution < -0.4 is 11.1 Å². The lowest BCUT2D eigenvalue weighted by Crippen LogP contribution is -2.00. The Labute approximate surface area is 110 Å². The number of nitrogen functional groups attached to an aromatic ring is 1. The third-order valence-electron chi connectivity index (χ3n) is 1.95. The third kappa shape index (κ3) is 2.33. The number of hydrogen-bond acceptors (Lipinski definition) is 4. The highest BCUT2D eigenvalue weighted by atomic mass is 79.9. The average molecular weight is 344 g/mol. The molecule has 0 aliphatic rings. The summed E-state index contributed by atoms with van der Waals surface area (Å²) in [4.78, 5) is 7.90. The normalized spacial score (nSPS) is 10.1. The first-order chi connectivity index (χ1) is 7.68. The second-order valence-corrected chi connectivity index (χ2v) is 4.76. The maximum Gasteiger partial charge on any atom is 0.157 e. The van der Waals surface area contributed by atoms with E-state index in [1.807, 2.05) is 18.2 Å². The summed E-state index contributed by atoms with van der Waals surface area (Å²) in [6, 6.07) is 5.80. The number of nitrogens with one attached hydrogen (secondary N) is 1. The van der Waals surface area contributed by atoms with E-state index in [1.54, 1.807) is 6.20 Å². The van der Waals surface area contributed by atoms with Crippen LogP contribution in [0, 0.1) is 0 Å². The van der Waals surface area contributed by atoms with E-state index in [0.29, 0.717) is 11.5 Å². The zero-order chi connectivity index (χ0) is 11.5. The highest BCUT2D eigenvalue weighted by Crippen LogP contribution is 2.33. The van der Waals surface area contributed by atoms with Crippen LogP contribution in [0.5, 0.6) is 0 Å². The zero-order valence-corrected chi connectivity index (χ0v) is 11.3. The fourth-order valence-corrected chi connectivity index (χ4v) is 2.38. The second-order valence-electron chi connectivity index (χ2n) is 3.05. The van der Waals surface area contributed by atoms with Gasteiger partial charge in [-0.3, -0.25) is 0 Å². The van der Waals surface area contributed by atoms with E-state index in [1.165, 1.54) is 6.33 Å². The molecule has 16 heavy (non-hydrogen) atoms. The number of nitrogens with zero attached hydrogens (tertiary/aromatic N) is 2. The van der Waals surface area contributed by atoms with Gasteiger partial charge in [0.15, 0.2) is 5.82 Å². The summed E-state index contributed by atoms with van der Waals surface area (Å²) >= 11 is 6.90. The molecule has 0 saturated carbocycles. The van der Waals surface area contributed by atoms with Crippen LogP contribution in [0.2, 0.25) is 0 Å². The Hall–Kier alpha value is -1.14. The van der Waals surface area contributed by atoms with Gasteiger partial charge in [0, 0.05) is 8.95 Å². The molecule has 0 aliphatic heterocycles. The number of halogens is 2. The van der Waals surface area contributed by atoms with Gasteiger partial charge < -0.3 is 11.1 Å². The molecule has 0 spiro atoms. The lowest BCUT2D eigenvalue weighted by Gasteiger charge is -2.10. The molecule has 2 aromatic rings. The predicted molar refractivity (Wildman–Crippen MR) is 71.6 cm³/mol. The monoisotopic (exact) mass is 342 g/mol. The van der Waals surface area contributed by atoms with Gasteiger partial charge >= 0.3 is 0 Å². The fraction of sp³-hybridized carbons (Fsp3) is 0. The van der Waals surface area contributed by atoms with Gasteiger partial charge in [-0.25, -0.2) is 9.97 Å². The molecule has 0 saturated heterocycles. The number of aromatic nitrogens is 2. The van der Waals surface area contributed by atoms with Crippen LogP contribution in [-0.4, -0.2) is 9.97 Å². The van der Waals surface area contributed by atoms with E-state index in [-0.39, 0.29) is 0 Å². The van der Waals surface area contributed by atoms with Crippen LogP contribution in [0.25, 0.3) is 0 Å². The minimum Gasteiger partial charge on any atom is -0.394 e. The molecular weight excluding hydrogens is 336 g/mol. The van der Waals surface area contributed by atoms with Crippen molar-refractivity contribution >= 4 is 49.1 Å². The molecule has 6 heteroatoms. The molecule has 0 atom stereocenters. The van der Waals surface area contributed by atoms with Crippen molar-refractivity contribution in [3.63, 3.8) is 0 Å². The highest BCUT2D eigenvalue weighted by Gasteiger charge is 2.07. The minimum absolute atomic E-state index is 0.505. The van der Waals surface area contributed by atoms with Crippen molar-refractivity contribution in [2.45, 2.75) is 0 Å². The molecule has 0 aliphatic carbocycles. The molecule has 0 radical (unpaired) electrons. The standard InChI is InChI=1S/C10H8Br2N4/c11-6-2-1-3-7(12)9(6)16-10-8(13)4-14-5-15-10/h1-5H,13H2,(H,14,15,16). The Morgan fingerprint density at radius 1 is 1.19 bits per heavy atom. The van der Waals surface area contributed by atoms with Crippen molar-refractivity contribution in [1.82, 2.24) is 9.97 Å². The Bertz CT molecular complexity index is 496. The van der Waals surface area contributed by atoms with E-state index in [4.69, 9.17) is 5.73 Å². The first-order valence-corrected chi connectivity index (χ1v) is 6.03. The lowest BCUT2D eigenvalue weighted by atomic mass is 10.3. The summed E-state index contributed by atoms with van der Waals surface area (Å²) in [6.45, 7) is 0. The first-order valence-electron chi connectivity index (χ1n) is 4.45. The van der Waals surface area contributed by atoms with Crippen LogP contribution in [0.1, 0.15) is 0 Å². The summed E-state index contributed by atoms with van der Waals surface area (Å²) < 4.78 is 1.86. The SMILES string of the molecule is Nc1cncnc1Nc1c(Br)cccc1Br. The molecule has 1 aromatic carbocycles. The largest absolute Gasteiger partial charge is 0.394 e. The summed E-state index contributed by atoms with van der Waals surface area (Å²) in [7, 11) is 0. The number of anilines is 3. The Morgan fingerprint density at radius 3 is 2.50 bits per heavy atom. The third-order valence-corrected chi connectivity index (χ3v) is 3.27. The van der Waals surface area contributed by atoms with E-state index in [9.17, 15) is 0 Å². The van der Waals surface area contributed by atoms with E-state index >= 15 is 0 Å². The smallest absolute Gasteiger partial charge is 0.157 e.